The van der Waals surface area contributed by atoms with Crippen molar-refractivity contribution in [3.05, 3.63) is 0 Å². The van der Waals surface area contributed by atoms with Crippen molar-refractivity contribution in [3.63, 3.8) is 0 Å². The molecular weight excluding hydrogens is 224 g/mol. The Morgan fingerprint density at radius 2 is 2.19 bits per heavy atom. The van der Waals surface area contributed by atoms with Crippen LogP contribution >= 0.6 is 0 Å². The minimum atomic E-state index is -3.11. The summed E-state index contributed by atoms with van der Waals surface area (Å²) in [6.07, 6.45) is 3.29. The van der Waals surface area contributed by atoms with Gasteiger partial charge in [0.15, 0.2) is 0 Å². The molecule has 5 heteroatoms. The summed E-state index contributed by atoms with van der Waals surface area (Å²) in [6, 6.07) is 0. The summed E-state index contributed by atoms with van der Waals surface area (Å²) in [6.45, 7) is 7.12. The number of hydrogen-bond acceptors (Lipinski definition) is 3. The molecule has 2 unspecified atom stereocenters. The van der Waals surface area contributed by atoms with Crippen molar-refractivity contribution in [1.29, 1.82) is 0 Å². The van der Waals surface area contributed by atoms with Gasteiger partial charge in [0, 0.05) is 6.54 Å². The summed E-state index contributed by atoms with van der Waals surface area (Å²) in [7, 11) is -1.61. The van der Waals surface area contributed by atoms with E-state index in [0.717, 1.165) is 38.9 Å². The van der Waals surface area contributed by atoms with Crippen molar-refractivity contribution < 1.29 is 8.42 Å². The highest BCUT2D eigenvalue weighted by molar-refractivity contribution is 7.90. The maximum absolute atomic E-state index is 11.7. The van der Waals surface area contributed by atoms with E-state index in [1.54, 1.807) is 0 Å². The minimum Gasteiger partial charge on any atom is -0.303 e. The van der Waals surface area contributed by atoms with Crippen LogP contribution in [0.3, 0.4) is 0 Å². The fourth-order valence-corrected chi connectivity index (χ4v) is 3.53. The van der Waals surface area contributed by atoms with Gasteiger partial charge in [-0.15, -0.1) is 0 Å². The molecule has 1 aliphatic heterocycles. The van der Waals surface area contributed by atoms with Gasteiger partial charge in [-0.2, -0.15) is 0 Å². The average molecular weight is 248 g/mol. The van der Waals surface area contributed by atoms with E-state index in [9.17, 15) is 8.42 Å². The van der Waals surface area contributed by atoms with Gasteiger partial charge in [0.05, 0.1) is 5.25 Å². The van der Waals surface area contributed by atoms with Gasteiger partial charge in [-0.3, -0.25) is 0 Å². The van der Waals surface area contributed by atoms with E-state index in [4.69, 9.17) is 0 Å². The lowest BCUT2D eigenvalue weighted by Crippen LogP contribution is -2.44. The SMILES string of the molecule is CCCN1CCCC(C(C)S(=O)(=O)NC)C1. The molecule has 0 bridgehead atoms. The van der Waals surface area contributed by atoms with Crippen LogP contribution in [0.1, 0.15) is 33.1 Å². The Bertz CT molecular complexity index is 301. The highest BCUT2D eigenvalue weighted by atomic mass is 32.2. The maximum Gasteiger partial charge on any atom is 0.214 e. The minimum absolute atomic E-state index is 0.276. The summed E-state index contributed by atoms with van der Waals surface area (Å²) in [5, 5.41) is -0.280. The molecule has 1 saturated heterocycles. The molecule has 0 spiro atoms. The quantitative estimate of drug-likeness (QED) is 0.791. The van der Waals surface area contributed by atoms with Crippen molar-refractivity contribution >= 4 is 10.0 Å². The molecule has 16 heavy (non-hydrogen) atoms. The second-order valence-corrected chi connectivity index (χ2v) is 6.90. The molecule has 1 heterocycles. The Hall–Kier alpha value is -0.130. The number of rotatable bonds is 5. The third kappa shape index (κ3) is 3.43. The zero-order valence-electron chi connectivity index (χ0n) is 10.6. The molecule has 0 amide bonds. The first kappa shape index (κ1) is 13.9. The molecule has 0 aromatic heterocycles. The third-order valence-corrected chi connectivity index (χ3v) is 5.45. The van der Waals surface area contributed by atoms with Gasteiger partial charge < -0.3 is 4.90 Å². The predicted molar refractivity (Wildman–Crippen MR) is 66.9 cm³/mol. The van der Waals surface area contributed by atoms with Crippen LogP contribution in [0.25, 0.3) is 0 Å². The summed E-state index contributed by atoms with van der Waals surface area (Å²) >= 11 is 0. The lowest BCUT2D eigenvalue weighted by Gasteiger charge is -2.35. The summed E-state index contributed by atoms with van der Waals surface area (Å²) in [4.78, 5) is 2.38. The fourth-order valence-electron chi connectivity index (χ4n) is 2.43. The molecule has 4 nitrogen and oxygen atoms in total. The second kappa shape index (κ2) is 5.98. The fraction of sp³-hybridized carbons (Fsp3) is 1.00. The number of sulfonamides is 1. The molecule has 96 valence electrons. The smallest absolute Gasteiger partial charge is 0.214 e. The monoisotopic (exact) mass is 248 g/mol. The molecule has 2 atom stereocenters. The topological polar surface area (TPSA) is 49.4 Å². The zero-order valence-corrected chi connectivity index (χ0v) is 11.4. The van der Waals surface area contributed by atoms with Crippen LogP contribution in [0.5, 0.6) is 0 Å². The van der Waals surface area contributed by atoms with Crippen molar-refractivity contribution in [2.75, 3.05) is 26.7 Å². The summed E-state index contributed by atoms with van der Waals surface area (Å²) in [5.74, 6) is 0.276. The van der Waals surface area contributed by atoms with Crippen molar-refractivity contribution in [2.24, 2.45) is 5.92 Å². The van der Waals surface area contributed by atoms with Crippen LogP contribution in [0.2, 0.25) is 0 Å². The molecular formula is C11H24N2O2S. The Morgan fingerprint density at radius 3 is 2.75 bits per heavy atom. The van der Waals surface area contributed by atoms with Crippen LogP contribution in [0.15, 0.2) is 0 Å². The first-order chi connectivity index (χ1) is 7.51. The lowest BCUT2D eigenvalue weighted by atomic mass is 9.95. The number of likely N-dealkylation sites (tertiary alicyclic amines) is 1. The Labute approximate surface area is 99.5 Å². The third-order valence-electron chi connectivity index (χ3n) is 3.52. The van der Waals surface area contributed by atoms with Crippen molar-refractivity contribution in [3.8, 4) is 0 Å². The molecule has 0 aromatic carbocycles. The van der Waals surface area contributed by atoms with Crippen molar-refractivity contribution in [1.82, 2.24) is 9.62 Å². The van der Waals surface area contributed by atoms with Gasteiger partial charge >= 0.3 is 0 Å². The average Bonchev–Trinajstić information content (AvgIpc) is 2.29. The van der Waals surface area contributed by atoms with Crippen LogP contribution in [-0.2, 0) is 10.0 Å². The van der Waals surface area contributed by atoms with Crippen LogP contribution in [-0.4, -0.2) is 45.2 Å². The van der Waals surface area contributed by atoms with E-state index < -0.39 is 10.0 Å². The molecule has 1 fully saturated rings. The standard InChI is InChI=1S/C11H24N2O2S/c1-4-7-13-8-5-6-11(9-13)10(2)16(14,15)12-3/h10-12H,4-9H2,1-3H3. The van der Waals surface area contributed by atoms with Gasteiger partial charge in [0.25, 0.3) is 0 Å². The van der Waals surface area contributed by atoms with Gasteiger partial charge in [0.1, 0.15) is 0 Å². The van der Waals surface area contributed by atoms with E-state index in [2.05, 4.69) is 16.5 Å². The van der Waals surface area contributed by atoms with Gasteiger partial charge in [-0.1, -0.05) is 6.92 Å². The Morgan fingerprint density at radius 1 is 1.50 bits per heavy atom. The van der Waals surface area contributed by atoms with E-state index in [1.807, 2.05) is 6.92 Å². The number of nitrogens with zero attached hydrogens (tertiary/aromatic N) is 1. The van der Waals surface area contributed by atoms with E-state index >= 15 is 0 Å². The highest BCUT2D eigenvalue weighted by Crippen LogP contribution is 2.23. The summed E-state index contributed by atoms with van der Waals surface area (Å²) in [5.41, 5.74) is 0. The number of hydrogen-bond donors (Lipinski definition) is 1. The van der Waals surface area contributed by atoms with Gasteiger partial charge in [0.2, 0.25) is 10.0 Å². The second-order valence-electron chi connectivity index (χ2n) is 4.66. The molecule has 1 aliphatic rings. The maximum atomic E-state index is 11.7. The largest absolute Gasteiger partial charge is 0.303 e. The first-order valence-corrected chi connectivity index (χ1v) is 7.70. The Kier molecular flexibility index (Phi) is 5.21. The molecule has 0 aromatic rings. The molecule has 1 rings (SSSR count). The molecule has 0 radical (unpaired) electrons. The predicted octanol–water partition coefficient (Wildman–Crippen LogP) is 1.05. The van der Waals surface area contributed by atoms with E-state index in [0.29, 0.717) is 0 Å². The van der Waals surface area contributed by atoms with Crippen LogP contribution < -0.4 is 4.72 Å². The summed E-state index contributed by atoms with van der Waals surface area (Å²) < 4.78 is 25.9. The molecule has 1 N–H and O–H groups in total. The van der Waals surface area contributed by atoms with E-state index in [1.165, 1.54) is 7.05 Å². The van der Waals surface area contributed by atoms with Gasteiger partial charge in [-0.05, 0) is 52.2 Å². The van der Waals surface area contributed by atoms with E-state index in [-0.39, 0.29) is 11.2 Å². The number of nitrogens with one attached hydrogen (secondary N) is 1. The number of piperidine rings is 1. The normalized spacial score (nSPS) is 25.6. The zero-order chi connectivity index (χ0) is 12.2. The lowest BCUT2D eigenvalue weighted by molar-refractivity contribution is 0.173. The first-order valence-electron chi connectivity index (χ1n) is 6.16. The molecule has 0 aliphatic carbocycles. The van der Waals surface area contributed by atoms with Crippen LogP contribution in [0, 0.1) is 5.92 Å². The van der Waals surface area contributed by atoms with Gasteiger partial charge in [-0.25, -0.2) is 13.1 Å². The molecule has 0 saturated carbocycles. The highest BCUT2D eigenvalue weighted by Gasteiger charge is 2.31. The van der Waals surface area contributed by atoms with Crippen molar-refractivity contribution in [2.45, 2.75) is 38.4 Å². The van der Waals surface area contributed by atoms with Crippen LogP contribution in [0.4, 0.5) is 0 Å². The Balaban J connectivity index is 2.60.